The number of benzene rings is 2. The number of allylic oxidation sites excluding steroid dienone is 3. The van der Waals surface area contributed by atoms with Crippen molar-refractivity contribution in [2.45, 2.75) is 4.90 Å². The summed E-state index contributed by atoms with van der Waals surface area (Å²) in [5.74, 6) is 0. The Morgan fingerprint density at radius 3 is 2.10 bits per heavy atom. The molecule has 2 rings (SSSR count). The SMILES string of the molecule is N#C/C(=C/C=C\c1ccccc1)S(=O)(=O)c1ccccc1. The summed E-state index contributed by atoms with van der Waals surface area (Å²) in [5.41, 5.74) is 0.933. The second kappa shape index (κ2) is 6.69. The van der Waals surface area contributed by atoms with E-state index >= 15 is 0 Å². The van der Waals surface area contributed by atoms with E-state index < -0.39 is 9.84 Å². The average Bonchev–Trinajstić information content (AvgIpc) is 2.53. The number of sulfone groups is 1. The van der Waals surface area contributed by atoms with Crippen molar-refractivity contribution >= 4 is 15.9 Å². The fourth-order valence-electron chi connectivity index (χ4n) is 1.72. The third kappa shape index (κ3) is 3.68. The van der Waals surface area contributed by atoms with Gasteiger partial charge in [-0.25, -0.2) is 8.42 Å². The zero-order chi connectivity index (χ0) is 15.1. The molecule has 0 aliphatic carbocycles. The summed E-state index contributed by atoms with van der Waals surface area (Å²) in [5, 5.41) is 9.09. The maximum atomic E-state index is 12.3. The second-order valence-electron chi connectivity index (χ2n) is 4.23. The van der Waals surface area contributed by atoms with Gasteiger partial charge in [0.2, 0.25) is 9.84 Å². The smallest absolute Gasteiger partial charge is 0.216 e. The van der Waals surface area contributed by atoms with Crippen LogP contribution in [-0.2, 0) is 9.84 Å². The van der Waals surface area contributed by atoms with Crippen molar-refractivity contribution in [1.29, 1.82) is 5.26 Å². The number of nitrogens with zero attached hydrogens (tertiary/aromatic N) is 1. The molecule has 2 aromatic rings. The van der Waals surface area contributed by atoms with Crippen molar-refractivity contribution < 1.29 is 8.42 Å². The van der Waals surface area contributed by atoms with Crippen LogP contribution >= 0.6 is 0 Å². The summed E-state index contributed by atoms with van der Waals surface area (Å²) in [7, 11) is -3.76. The summed E-state index contributed by atoms with van der Waals surface area (Å²) < 4.78 is 24.6. The van der Waals surface area contributed by atoms with E-state index in [1.807, 2.05) is 30.3 Å². The molecule has 0 spiro atoms. The summed E-state index contributed by atoms with van der Waals surface area (Å²) >= 11 is 0. The molecule has 0 N–H and O–H groups in total. The van der Waals surface area contributed by atoms with E-state index in [-0.39, 0.29) is 9.80 Å². The Morgan fingerprint density at radius 1 is 0.952 bits per heavy atom. The molecular formula is C17H13NO2S. The van der Waals surface area contributed by atoms with Gasteiger partial charge in [0.25, 0.3) is 0 Å². The van der Waals surface area contributed by atoms with E-state index in [0.717, 1.165) is 5.56 Å². The number of hydrogen-bond acceptors (Lipinski definition) is 3. The molecule has 104 valence electrons. The van der Waals surface area contributed by atoms with Gasteiger partial charge >= 0.3 is 0 Å². The van der Waals surface area contributed by atoms with Crippen LogP contribution in [0, 0.1) is 11.3 Å². The standard InChI is InChI=1S/C17H13NO2S/c18-14-17(13-7-10-15-8-3-1-4-9-15)21(19,20)16-11-5-2-6-12-16/h1-13H/b10-7-,17-13-. The average molecular weight is 295 g/mol. The molecule has 21 heavy (non-hydrogen) atoms. The molecule has 0 radical (unpaired) electrons. The zero-order valence-corrected chi connectivity index (χ0v) is 12.0. The van der Waals surface area contributed by atoms with E-state index in [9.17, 15) is 8.42 Å². The lowest BCUT2D eigenvalue weighted by Crippen LogP contribution is -2.02. The van der Waals surface area contributed by atoms with Gasteiger partial charge in [0.15, 0.2) is 0 Å². The minimum atomic E-state index is -3.76. The van der Waals surface area contributed by atoms with E-state index in [2.05, 4.69) is 0 Å². The van der Waals surface area contributed by atoms with Gasteiger partial charge in [-0.2, -0.15) is 5.26 Å². The van der Waals surface area contributed by atoms with Gasteiger partial charge in [0.1, 0.15) is 11.0 Å². The van der Waals surface area contributed by atoms with Crippen LogP contribution in [0.3, 0.4) is 0 Å². The summed E-state index contributed by atoms with van der Waals surface area (Å²) in [4.78, 5) is -0.160. The molecule has 0 saturated carbocycles. The normalized spacial score (nSPS) is 12.2. The van der Waals surface area contributed by atoms with Crippen LogP contribution in [0.4, 0.5) is 0 Å². The van der Waals surface area contributed by atoms with E-state index in [0.29, 0.717) is 0 Å². The van der Waals surface area contributed by atoms with E-state index in [4.69, 9.17) is 5.26 Å². The topological polar surface area (TPSA) is 57.9 Å². The Morgan fingerprint density at radius 2 is 1.52 bits per heavy atom. The molecule has 0 heterocycles. The molecule has 0 aliphatic heterocycles. The first kappa shape index (κ1) is 14.8. The van der Waals surface area contributed by atoms with Crippen molar-refractivity contribution in [2.75, 3.05) is 0 Å². The summed E-state index contributed by atoms with van der Waals surface area (Å²) in [6.07, 6.45) is 4.63. The largest absolute Gasteiger partial charge is 0.218 e. The third-order valence-electron chi connectivity index (χ3n) is 2.79. The van der Waals surface area contributed by atoms with Crippen molar-refractivity contribution in [2.24, 2.45) is 0 Å². The Bertz CT molecular complexity index is 799. The molecule has 0 aromatic heterocycles. The molecule has 0 unspecified atom stereocenters. The van der Waals surface area contributed by atoms with Crippen molar-refractivity contribution in [3.8, 4) is 6.07 Å². The van der Waals surface area contributed by atoms with Crippen LogP contribution in [0.25, 0.3) is 6.08 Å². The van der Waals surface area contributed by atoms with Crippen molar-refractivity contribution in [3.63, 3.8) is 0 Å². The minimum absolute atomic E-state index is 0.117. The van der Waals surface area contributed by atoms with Crippen LogP contribution in [0.1, 0.15) is 5.56 Å². The van der Waals surface area contributed by atoms with Gasteiger partial charge in [-0.1, -0.05) is 60.7 Å². The van der Waals surface area contributed by atoms with E-state index in [1.54, 1.807) is 36.4 Å². The molecule has 0 atom stereocenters. The number of rotatable bonds is 4. The Labute approximate surface area is 124 Å². The lowest BCUT2D eigenvalue weighted by molar-refractivity contribution is 0.603. The first-order valence-corrected chi connectivity index (χ1v) is 7.76. The van der Waals surface area contributed by atoms with Crippen molar-refractivity contribution in [1.82, 2.24) is 0 Å². The molecule has 0 fully saturated rings. The van der Waals surface area contributed by atoms with Crippen molar-refractivity contribution in [3.05, 3.63) is 83.3 Å². The van der Waals surface area contributed by atoms with Gasteiger partial charge in [-0.05, 0) is 23.8 Å². The van der Waals surface area contributed by atoms with Gasteiger partial charge in [-0.3, -0.25) is 0 Å². The first-order valence-electron chi connectivity index (χ1n) is 6.28. The van der Waals surface area contributed by atoms with E-state index in [1.165, 1.54) is 18.2 Å². The molecular weight excluding hydrogens is 282 g/mol. The predicted octanol–water partition coefficient (Wildman–Crippen LogP) is 3.58. The number of nitriles is 1. The number of hydrogen-bond donors (Lipinski definition) is 0. The second-order valence-corrected chi connectivity index (χ2v) is 6.15. The molecule has 0 saturated heterocycles. The van der Waals surface area contributed by atoms with Crippen LogP contribution in [0.2, 0.25) is 0 Å². The first-order chi connectivity index (χ1) is 10.1. The highest BCUT2D eigenvalue weighted by molar-refractivity contribution is 7.95. The molecule has 0 bridgehead atoms. The van der Waals surface area contributed by atoms with Gasteiger partial charge in [0, 0.05) is 0 Å². The monoisotopic (exact) mass is 295 g/mol. The Hall–Kier alpha value is -2.64. The van der Waals surface area contributed by atoms with Crippen LogP contribution < -0.4 is 0 Å². The van der Waals surface area contributed by atoms with Crippen LogP contribution in [-0.4, -0.2) is 8.42 Å². The maximum absolute atomic E-state index is 12.3. The molecule has 2 aromatic carbocycles. The fourth-order valence-corrected chi connectivity index (χ4v) is 2.87. The fraction of sp³-hybridized carbons (Fsp3) is 0. The lowest BCUT2D eigenvalue weighted by Gasteiger charge is -2.01. The quantitative estimate of drug-likeness (QED) is 0.640. The summed E-state index contributed by atoms with van der Waals surface area (Å²) in [6, 6.07) is 19.1. The highest BCUT2D eigenvalue weighted by Crippen LogP contribution is 2.18. The zero-order valence-electron chi connectivity index (χ0n) is 11.2. The minimum Gasteiger partial charge on any atom is -0.218 e. The molecule has 3 nitrogen and oxygen atoms in total. The maximum Gasteiger partial charge on any atom is 0.216 e. The summed E-state index contributed by atoms with van der Waals surface area (Å²) in [6.45, 7) is 0. The van der Waals surface area contributed by atoms with Crippen LogP contribution in [0.15, 0.2) is 82.6 Å². The van der Waals surface area contributed by atoms with Gasteiger partial charge in [-0.15, -0.1) is 0 Å². The third-order valence-corrected chi connectivity index (χ3v) is 4.49. The highest BCUT2D eigenvalue weighted by Gasteiger charge is 2.19. The highest BCUT2D eigenvalue weighted by atomic mass is 32.2. The van der Waals surface area contributed by atoms with Crippen LogP contribution in [0.5, 0.6) is 0 Å². The molecule has 4 heteroatoms. The lowest BCUT2D eigenvalue weighted by atomic mass is 10.2. The van der Waals surface area contributed by atoms with Gasteiger partial charge in [0.05, 0.1) is 4.90 Å². The Balaban J connectivity index is 2.30. The van der Waals surface area contributed by atoms with Gasteiger partial charge < -0.3 is 0 Å². The molecule has 0 amide bonds. The molecule has 0 aliphatic rings. The Kier molecular flexibility index (Phi) is 4.70. The predicted molar refractivity (Wildman–Crippen MR) is 82.8 cm³/mol.